The molecular formula is C19H20Cl2N2O. The molecule has 126 valence electrons. The minimum Gasteiger partial charge on any atom is -0.320 e. The Kier molecular flexibility index (Phi) is 5.44. The van der Waals surface area contributed by atoms with Gasteiger partial charge < -0.3 is 5.32 Å². The van der Waals surface area contributed by atoms with Crippen LogP contribution in [0.5, 0.6) is 0 Å². The summed E-state index contributed by atoms with van der Waals surface area (Å²) in [6.45, 7) is 0.910. The van der Waals surface area contributed by atoms with Crippen molar-refractivity contribution < 1.29 is 4.79 Å². The Bertz CT molecular complexity index is 731. The summed E-state index contributed by atoms with van der Waals surface area (Å²) in [6, 6.07) is 13.1. The fourth-order valence-electron chi connectivity index (χ4n) is 3.20. The van der Waals surface area contributed by atoms with E-state index in [-0.39, 0.29) is 11.8 Å². The van der Waals surface area contributed by atoms with Crippen LogP contribution in [0.1, 0.15) is 18.4 Å². The number of fused-ring (bicyclic) bond motifs is 1. The standard InChI is InChI=1S/C19H20Cl2N2O/c1-22-10-2-3-13-11-14-12-16(21)6-9-18(14)23(19(13)24)17-7-4-15(20)5-8-17/h4-9,12-13,22H,2-3,10-11H2,1H3. The molecule has 1 unspecified atom stereocenters. The van der Waals surface area contributed by atoms with Gasteiger partial charge >= 0.3 is 0 Å². The smallest absolute Gasteiger partial charge is 0.234 e. The molecule has 0 fully saturated rings. The van der Waals surface area contributed by atoms with Crippen molar-refractivity contribution in [2.75, 3.05) is 18.5 Å². The molecule has 1 atom stereocenters. The van der Waals surface area contributed by atoms with E-state index in [1.54, 1.807) is 4.90 Å². The summed E-state index contributed by atoms with van der Waals surface area (Å²) >= 11 is 12.2. The molecule has 1 aliphatic heterocycles. The minimum atomic E-state index is -0.0278. The molecule has 24 heavy (non-hydrogen) atoms. The highest BCUT2D eigenvalue weighted by Crippen LogP contribution is 2.39. The largest absolute Gasteiger partial charge is 0.320 e. The summed E-state index contributed by atoms with van der Waals surface area (Å²) in [7, 11) is 1.93. The lowest BCUT2D eigenvalue weighted by atomic mass is 9.88. The predicted octanol–water partition coefficient (Wildman–Crippen LogP) is 4.83. The van der Waals surface area contributed by atoms with Gasteiger partial charge in [-0.1, -0.05) is 23.2 Å². The number of hydrogen-bond donors (Lipinski definition) is 1. The molecule has 2 aromatic rings. The number of nitrogens with zero attached hydrogens (tertiary/aromatic N) is 1. The average molecular weight is 363 g/mol. The maximum Gasteiger partial charge on any atom is 0.234 e. The van der Waals surface area contributed by atoms with Crippen molar-refractivity contribution in [1.82, 2.24) is 5.32 Å². The zero-order chi connectivity index (χ0) is 17.1. The van der Waals surface area contributed by atoms with E-state index >= 15 is 0 Å². The Morgan fingerprint density at radius 1 is 1.12 bits per heavy atom. The number of amides is 1. The van der Waals surface area contributed by atoms with E-state index < -0.39 is 0 Å². The first-order valence-electron chi connectivity index (χ1n) is 8.12. The second-order valence-corrected chi connectivity index (χ2v) is 6.94. The Morgan fingerprint density at radius 2 is 1.83 bits per heavy atom. The number of anilines is 2. The summed E-state index contributed by atoms with van der Waals surface area (Å²) in [5.74, 6) is 0.114. The normalized spacial score (nSPS) is 17.0. The second kappa shape index (κ2) is 7.56. The van der Waals surface area contributed by atoms with Crippen LogP contribution in [0.4, 0.5) is 11.4 Å². The van der Waals surface area contributed by atoms with Crippen molar-refractivity contribution in [3.63, 3.8) is 0 Å². The van der Waals surface area contributed by atoms with E-state index in [9.17, 15) is 4.79 Å². The molecule has 0 spiro atoms. The fourth-order valence-corrected chi connectivity index (χ4v) is 3.52. The van der Waals surface area contributed by atoms with Gasteiger partial charge in [0.25, 0.3) is 0 Å². The summed E-state index contributed by atoms with van der Waals surface area (Å²) in [6.07, 6.45) is 2.56. The van der Waals surface area contributed by atoms with Crippen LogP contribution in [0.15, 0.2) is 42.5 Å². The molecule has 1 amide bonds. The van der Waals surface area contributed by atoms with Crippen LogP contribution >= 0.6 is 23.2 Å². The van der Waals surface area contributed by atoms with E-state index in [1.807, 2.05) is 49.5 Å². The van der Waals surface area contributed by atoms with Crippen molar-refractivity contribution in [1.29, 1.82) is 0 Å². The van der Waals surface area contributed by atoms with Gasteiger partial charge in [0.05, 0.1) is 5.69 Å². The quantitative estimate of drug-likeness (QED) is 0.772. The lowest BCUT2D eigenvalue weighted by Gasteiger charge is -2.34. The molecule has 0 radical (unpaired) electrons. The molecule has 0 bridgehead atoms. The van der Waals surface area contributed by atoms with Gasteiger partial charge in [-0.05, 0) is 80.9 Å². The van der Waals surface area contributed by atoms with Crippen LogP contribution in [0.3, 0.4) is 0 Å². The molecule has 2 aromatic carbocycles. The number of benzene rings is 2. The van der Waals surface area contributed by atoms with Crippen LogP contribution in [0.2, 0.25) is 10.0 Å². The highest BCUT2D eigenvalue weighted by atomic mass is 35.5. The highest BCUT2D eigenvalue weighted by Gasteiger charge is 2.33. The maximum atomic E-state index is 13.1. The first-order valence-corrected chi connectivity index (χ1v) is 8.88. The van der Waals surface area contributed by atoms with Crippen molar-refractivity contribution in [2.24, 2.45) is 5.92 Å². The van der Waals surface area contributed by atoms with Crippen LogP contribution in [-0.4, -0.2) is 19.5 Å². The minimum absolute atomic E-state index is 0.0278. The number of nitrogens with one attached hydrogen (secondary N) is 1. The van der Waals surface area contributed by atoms with E-state index in [0.29, 0.717) is 10.0 Å². The number of hydrogen-bond acceptors (Lipinski definition) is 2. The third kappa shape index (κ3) is 3.59. The first kappa shape index (κ1) is 17.3. The lowest BCUT2D eigenvalue weighted by molar-refractivity contribution is -0.122. The summed E-state index contributed by atoms with van der Waals surface area (Å²) in [5.41, 5.74) is 2.87. The third-order valence-corrected chi connectivity index (χ3v) is 4.87. The molecule has 5 heteroatoms. The van der Waals surface area contributed by atoms with Crippen LogP contribution in [0.25, 0.3) is 0 Å². The monoisotopic (exact) mass is 362 g/mol. The van der Waals surface area contributed by atoms with Crippen LogP contribution in [0, 0.1) is 5.92 Å². The van der Waals surface area contributed by atoms with Gasteiger partial charge in [-0.25, -0.2) is 0 Å². The molecule has 3 rings (SSSR count). The van der Waals surface area contributed by atoms with E-state index in [0.717, 1.165) is 42.7 Å². The maximum absolute atomic E-state index is 13.1. The van der Waals surface area contributed by atoms with Crippen molar-refractivity contribution in [2.45, 2.75) is 19.3 Å². The molecule has 0 saturated heterocycles. The third-order valence-electron chi connectivity index (χ3n) is 4.38. The fraction of sp³-hybridized carbons (Fsp3) is 0.316. The number of halogens is 2. The van der Waals surface area contributed by atoms with Gasteiger partial charge in [-0.2, -0.15) is 0 Å². The molecule has 3 nitrogen and oxygen atoms in total. The SMILES string of the molecule is CNCCCC1Cc2cc(Cl)ccc2N(c2ccc(Cl)cc2)C1=O. The first-order chi connectivity index (χ1) is 11.6. The van der Waals surface area contributed by atoms with Crippen LogP contribution in [-0.2, 0) is 11.2 Å². The molecule has 1 heterocycles. The summed E-state index contributed by atoms with van der Waals surface area (Å²) in [4.78, 5) is 14.9. The Hall–Kier alpha value is -1.55. The van der Waals surface area contributed by atoms with E-state index in [1.165, 1.54) is 0 Å². The van der Waals surface area contributed by atoms with Crippen LogP contribution < -0.4 is 10.2 Å². The zero-order valence-corrected chi connectivity index (χ0v) is 15.1. The van der Waals surface area contributed by atoms with Gasteiger partial charge in [0.2, 0.25) is 5.91 Å². The van der Waals surface area contributed by atoms with Gasteiger partial charge in [0, 0.05) is 21.7 Å². The zero-order valence-electron chi connectivity index (χ0n) is 13.6. The van der Waals surface area contributed by atoms with Gasteiger partial charge in [0.1, 0.15) is 0 Å². The predicted molar refractivity (Wildman–Crippen MR) is 100 cm³/mol. The summed E-state index contributed by atoms with van der Waals surface area (Å²) < 4.78 is 0. The molecule has 0 aromatic heterocycles. The van der Waals surface area contributed by atoms with Crippen molar-refractivity contribution in [3.05, 3.63) is 58.1 Å². The molecule has 1 aliphatic rings. The van der Waals surface area contributed by atoms with E-state index in [2.05, 4.69) is 5.32 Å². The molecular weight excluding hydrogens is 343 g/mol. The Balaban J connectivity index is 1.98. The second-order valence-electron chi connectivity index (χ2n) is 6.07. The summed E-state index contributed by atoms with van der Waals surface area (Å²) in [5, 5.41) is 4.50. The average Bonchev–Trinajstić information content (AvgIpc) is 2.57. The lowest BCUT2D eigenvalue weighted by Crippen LogP contribution is -2.38. The van der Waals surface area contributed by atoms with Gasteiger partial charge in [-0.15, -0.1) is 0 Å². The van der Waals surface area contributed by atoms with E-state index in [4.69, 9.17) is 23.2 Å². The van der Waals surface area contributed by atoms with Gasteiger partial charge in [-0.3, -0.25) is 9.69 Å². The van der Waals surface area contributed by atoms with Crippen molar-refractivity contribution >= 4 is 40.5 Å². The highest BCUT2D eigenvalue weighted by molar-refractivity contribution is 6.31. The Morgan fingerprint density at radius 3 is 2.54 bits per heavy atom. The number of carbonyl (C=O) groups excluding carboxylic acids is 1. The number of carbonyl (C=O) groups is 1. The number of rotatable bonds is 5. The molecule has 1 N–H and O–H groups in total. The Labute approximate surface area is 152 Å². The topological polar surface area (TPSA) is 32.3 Å². The molecule has 0 aliphatic carbocycles. The van der Waals surface area contributed by atoms with Gasteiger partial charge in [0.15, 0.2) is 0 Å². The van der Waals surface area contributed by atoms with Crippen molar-refractivity contribution in [3.8, 4) is 0 Å². The molecule has 0 saturated carbocycles.